The van der Waals surface area contributed by atoms with Gasteiger partial charge in [0.15, 0.2) is 0 Å². The minimum atomic E-state index is -3.93. The lowest BCUT2D eigenvalue weighted by Crippen LogP contribution is -2.13. The van der Waals surface area contributed by atoms with Gasteiger partial charge in [0.1, 0.15) is 4.90 Å². The zero-order valence-corrected chi connectivity index (χ0v) is 15.5. The third-order valence-electron chi connectivity index (χ3n) is 3.88. The second-order valence-corrected chi connectivity index (χ2v) is 7.72. The summed E-state index contributed by atoms with van der Waals surface area (Å²) in [7, 11) is -3.93. The van der Waals surface area contributed by atoms with Crippen LogP contribution >= 0.6 is 0 Å². The van der Waals surface area contributed by atoms with Gasteiger partial charge < -0.3 is 4.18 Å². The summed E-state index contributed by atoms with van der Waals surface area (Å²) >= 11 is 0. The van der Waals surface area contributed by atoms with Crippen LogP contribution in [-0.2, 0) is 10.1 Å². The van der Waals surface area contributed by atoms with Crippen LogP contribution in [0.5, 0.6) is 5.88 Å². The van der Waals surface area contributed by atoms with Gasteiger partial charge in [-0.2, -0.15) is 18.2 Å². The molecule has 0 saturated carbocycles. The van der Waals surface area contributed by atoms with E-state index in [1.807, 2.05) is 39.0 Å². The first-order chi connectivity index (χ1) is 11.8. The zero-order chi connectivity index (χ0) is 18.2. The molecular weight excluding hydrogens is 336 g/mol. The molecule has 0 aliphatic rings. The van der Waals surface area contributed by atoms with E-state index in [9.17, 15) is 8.42 Å². The molecule has 3 rings (SSSR count). The molecule has 130 valence electrons. The Hall–Kier alpha value is -2.60. The van der Waals surface area contributed by atoms with Gasteiger partial charge in [-0.1, -0.05) is 35.4 Å². The topological polar surface area (TPSA) is 61.2 Å². The Morgan fingerprint density at radius 3 is 2.16 bits per heavy atom. The molecule has 1 heterocycles. The van der Waals surface area contributed by atoms with Gasteiger partial charge in [0.2, 0.25) is 5.88 Å². The predicted molar refractivity (Wildman–Crippen MR) is 96.8 cm³/mol. The number of benzene rings is 2. The van der Waals surface area contributed by atoms with Gasteiger partial charge >= 0.3 is 10.1 Å². The van der Waals surface area contributed by atoms with Crippen LogP contribution in [0, 0.1) is 27.7 Å². The fraction of sp³-hybridized carbons (Fsp3) is 0.211. The first-order valence-electron chi connectivity index (χ1n) is 7.92. The Bertz CT molecular complexity index is 1020. The minimum Gasteiger partial charge on any atom is -0.358 e. The molecule has 0 N–H and O–H groups in total. The molecule has 0 aliphatic carbocycles. The summed E-state index contributed by atoms with van der Waals surface area (Å²) in [5.74, 6) is 0.171. The van der Waals surface area contributed by atoms with Gasteiger partial charge in [-0.05, 0) is 51.5 Å². The predicted octanol–water partition coefficient (Wildman–Crippen LogP) is 3.87. The summed E-state index contributed by atoms with van der Waals surface area (Å²) in [5, 5.41) is 4.39. The van der Waals surface area contributed by atoms with Gasteiger partial charge in [0.25, 0.3) is 0 Å². The van der Waals surface area contributed by atoms with Crippen molar-refractivity contribution in [3.05, 3.63) is 70.9 Å². The third kappa shape index (κ3) is 3.58. The van der Waals surface area contributed by atoms with Crippen molar-refractivity contribution in [2.24, 2.45) is 0 Å². The maximum Gasteiger partial charge on any atom is 0.340 e. The number of rotatable bonds is 4. The molecule has 0 amide bonds. The molecule has 0 bridgehead atoms. The number of hydrogen-bond acceptors (Lipinski definition) is 4. The Labute approximate surface area is 148 Å². The van der Waals surface area contributed by atoms with Gasteiger partial charge in [0.05, 0.1) is 11.4 Å². The van der Waals surface area contributed by atoms with E-state index < -0.39 is 10.1 Å². The molecule has 0 fully saturated rings. The van der Waals surface area contributed by atoms with Crippen LogP contribution in [0.25, 0.3) is 5.69 Å². The standard InChI is InChI=1S/C19H20N2O3S/c1-13-5-8-17(9-6-13)25(22,23)24-19-12-16(4)20-21(19)18-10-7-14(2)11-15(18)3/h5-12H,1-4H3. The molecule has 1 aromatic heterocycles. The number of aromatic nitrogens is 2. The molecular formula is C19H20N2O3S. The van der Waals surface area contributed by atoms with Crippen LogP contribution in [0.3, 0.4) is 0 Å². The van der Waals surface area contributed by atoms with Crippen molar-refractivity contribution in [1.29, 1.82) is 0 Å². The van der Waals surface area contributed by atoms with Crippen molar-refractivity contribution in [2.75, 3.05) is 0 Å². The molecule has 2 aromatic carbocycles. The highest BCUT2D eigenvalue weighted by Gasteiger charge is 2.21. The van der Waals surface area contributed by atoms with Crippen LogP contribution in [0.1, 0.15) is 22.4 Å². The van der Waals surface area contributed by atoms with E-state index in [2.05, 4.69) is 5.10 Å². The Morgan fingerprint density at radius 1 is 0.880 bits per heavy atom. The molecule has 0 spiro atoms. The Kier molecular flexibility index (Phi) is 4.39. The van der Waals surface area contributed by atoms with E-state index >= 15 is 0 Å². The summed E-state index contributed by atoms with van der Waals surface area (Å²) in [4.78, 5) is 0.115. The zero-order valence-electron chi connectivity index (χ0n) is 14.6. The largest absolute Gasteiger partial charge is 0.358 e. The first kappa shape index (κ1) is 17.2. The lowest BCUT2D eigenvalue weighted by atomic mass is 10.1. The molecule has 0 unspecified atom stereocenters. The normalized spacial score (nSPS) is 11.5. The first-order valence-corrected chi connectivity index (χ1v) is 9.32. The molecule has 0 aliphatic heterocycles. The van der Waals surface area contributed by atoms with E-state index in [0.29, 0.717) is 5.69 Å². The van der Waals surface area contributed by atoms with Gasteiger partial charge in [-0.15, -0.1) is 0 Å². The average molecular weight is 356 g/mol. The Balaban J connectivity index is 2.03. The van der Waals surface area contributed by atoms with Gasteiger partial charge in [-0.3, -0.25) is 0 Å². The van der Waals surface area contributed by atoms with Crippen molar-refractivity contribution in [1.82, 2.24) is 9.78 Å². The SMILES string of the molecule is Cc1ccc(S(=O)(=O)Oc2cc(C)nn2-c2ccc(C)cc2C)cc1. The van der Waals surface area contributed by atoms with Crippen LogP contribution in [-0.4, -0.2) is 18.2 Å². The molecule has 6 heteroatoms. The van der Waals surface area contributed by atoms with Crippen molar-refractivity contribution in [2.45, 2.75) is 32.6 Å². The van der Waals surface area contributed by atoms with E-state index in [0.717, 1.165) is 22.4 Å². The summed E-state index contributed by atoms with van der Waals surface area (Å²) in [6.07, 6.45) is 0. The van der Waals surface area contributed by atoms with Crippen molar-refractivity contribution in [3.63, 3.8) is 0 Å². The fourth-order valence-corrected chi connectivity index (χ4v) is 3.53. The minimum absolute atomic E-state index is 0.115. The van der Waals surface area contributed by atoms with E-state index in [1.54, 1.807) is 25.1 Å². The molecule has 0 atom stereocenters. The summed E-state index contributed by atoms with van der Waals surface area (Å²) in [6.45, 7) is 7.66. The van der Waals surface area contributed by atoms with Crippen LogP contribution in [0.15, 0.2) is 53.4 Å². The molecule has 0 radical (unpaired) electrons. The third-order valence-corrected chi connectivity index (χ3v) is 5.12. The quantitative estimate of drug-likeness (QED) is 0.666. The maximum absolute atomic E-state index is 12.6. The lowest BCUT2D eigenvalue weighted by Gasteiger charge is -2.12. The average Bonchev–Trinajstić information content (AvgIpc) is 2.87. The fourth-order valence-electron chi connectivity index (χ4n) is 2.62. The second-order valence-electron chi connectivity index (χ2n) is 6.18. The van der Waals surface area contributed by atoms with Crippen LogP contribution in [0.4, 0.5) is 0 Å². The number of aryl methyl sites for hydroxylation is 4. The van der Waals surface area contributed by atoms with E-state index in [-0.39, 0.29) is 10.8 Å². The molecule has 0 saturated heterocycles. The summed E-state index contributed by atoms with van der Waals surface area (Å²) in [6, 6.07) is 14.0. The number of nitrogens with zero attached hydrogens (tertiary/aromatic N) is 2. The summed E-state index contributed by atoms with van der Waals surface area (Å²) < 4.78 is 32.1. The highest BCUT2D eigenvalue weighted by Crippen LogP contribution is 2.25. The van der Waals surface area contributed by atoms with Crippen molar-refractivity contribution in [3.8, 4) is 11.6 Å². The van der Waals surface area contributed by atoms with Crippen LogP contribution < -0.4 is 4.18 Å². The lowest BCUT2D eigenvalue weighted by molar-refractivity contribution is 0.464. The van der Waals surface area contributed by atoms with Crippen molar-refractivity contribution >= 4 is 10.1 Å². The Morgan fingerprint density at radius 2 is 1.52 bits per heavy atom. The molecule has 5 nitrogen and oxygen atoms in total. The smallest absolute Gasteiger partial charge is 0.340 e. The summed E-state index contributed by atoms with van der Waals surface area (Å²) in [5.41, 5.74) is 4.55. The van der Waals surface area contributed by atoms with E-state index in [1.165, 1.54) is 16.8 Å². The van der Waals surface area contributed by atoms with Gasteiger partial charge in [0, 0.05) is 6.07 Å². The van der Waals surface area contributed by atoms with Gasteiger partial charge in [-0.25, -0.2) is 0 Å². The maximum atomic E-state index is 12.6. The highest BCUT2D eigenvalue weighted by atomic mass is 32.2. The second kappa shape index (κ2) is 6.37. The molecule has 25 heavy (non-hydrogen) atoms. The van der Waals surface area contributed by atoms with Crippen molar-refractivity contribution < 1.29 is 12.6 Å². The van der Waals surface area contributed by atoms with Crippen LogP contribution in [0.2, 0.25) is 0 Å². The number of hydrogen-bond donors (Lipinski definition) is 0. The highest BCUT2D eigenvalue weighted by molar-refractivity contribution is 7.87. The monoisotopic (exact) mass is 356 g/mol. The van der Waals surface area contributed by atoms with E-state index in [4.69, 9.17) is 4.18 Å². The molecule has 3 aromatic rings.